The molecule has 2 N–H and O–H groups in total. The molecule has 1 aromatic rings. The zero-order chi connectivity index (χ0) is 15.7. The van der Waals surface area contributed by atoms with Gasteiger partial charge in [-0.05, 0) is 32.0 Å². The summed E-state index contributed by atoms with van der Waals surface area (Å²) in [5.41, 5.74) is 0.880. The summed E-state index contributed by atoms with van der Waals surface area (Å²) in [5, 5.41) is 6.03. The zero-order valence-electron chi connectivity index (χ0n) is 12.9. The number of esters is 1. The highest BCUT2D eigenvalue weighted by Crippen LogP contribution is 2.16. The molecule has 21 heavy (non-hydrogen) atoms. The summed E-state index contributed by atoms with van der Waals surface area (Å²) in [6, 6.07) is 7.29. The average Bonchev–Trinajstić information content (AvgIpc) is 2.44. The summed E-state index contributed by atoms with van der Waals surface area (Å²) in [5.74, 6) is -0.521. The quantitative estimate of drug-likeness (QED) is 0.571. The van der Waals surface area contributed by atoms with E-state index < -0.39 is 5.97 Å². The van der Waals surface area contributed by atoms with Gasteiger partial charge in [0, 0.05) is 12.5 Å². The van der Waals surface area contributed by atoms with Crippen molar-refractivity contribution in [3.63, 3.8) is 0 Å². The van der Waals surface area contributed by atoms with E-state index in [2.05, 4.69) is 24.5 Å². The SMILES string of the molecule is CCOC(=O)c1ccccc1NC(=O)CCCNC(C)C. The van der Waals surface area contributed by atoms with Crippen molar-refractivity contribution in [3.8, 4) is 0 Å². The number of rotatable bonds is 8. The Morgan fingerprint density at radius 3 is 2.62 bits per heavy atom. The lowest BCUT2D eigenvalue weighted by molar-refractivity contribution is -0.116. The maximum absolute atomic E-state index is 11.9. The topological polar surface area (TPSA) is 67.4 Å². The maximum atomic E-state index is 11.9. The minimum Gasteiger partial charge on any atom is -0.462 e. The fraction of sp³-hybridized carbons (Fsp3) is 0.500. The van der Waals surface area contributed by atoms with Crippen molar-refractivity contribution in [3.05, 3.63) is 29.8 Å². The van der Waals surface area contributed by atoms with Crippen LogP contribution in [-0.4, -0.2) is 31.1 Å². The van der Waals surface area contributed by atoms with Crippen molar-refractivity contribution in [1.29, 1.82) is 0 Å². The molecule has 116 valence electrons. The Labute approximate surface area is 126 Å². The van der Waals surface area contributed by atoms with Gasteiger partial charge in [0.25, 0.3) is 0 Å². The fourth-order valence-electron chi connectivity index (χ4n) is 1.83. The summed E-state index contributed by atoms with van der Waals surface area (Å²) in [6.45, 7) is 6.98. The minimum absolute atomic E-state index is 0.0997. The number of hydrogen-bond acceptors (Lipinski definition) is 4. The lowest BCUT2D eigenvalue weighted by Gasteiger charge is -2.11. The van der Waals surface area contributed by atoms with E-state index in [1.165, 1.54) is 0 Å². The summed E-state index contributed by atoms with van der Waals surface area (Å²) in [4.78, 5) is 23.7. The first kappa shape index (κ1) is 17.2. The van der Waals surface area contributed by atoms with Crippen LogP contribution in [0, 0.1) is 0 Å². The molecule has 0 saturated heterocycles. The van der Waals surface area contributed by atoms with Crippen molar-refractivity contribution in [2.45, 2.75) is 39.7 Å². The van der Waals surface area contributed by atoms with Crippen LogP contribution in [-0.2, 0) is 9.53 Å². The Bertz CT molecular complexity index is 472. The van der Waals surface area contributed by atoms with Gasteiger partial charge in [-0.1, -0.05) is 26.0 Å². The van der Waals surface area contributed by atoms with Crippen LogP contribution in [0.3, 0.4) is 0 Å². The molecule has 0 spiro atoms. The van der Waals surface area contributed by atoms with Crippen LogP contribution in [0.4, 0.5) is 5.69 Å². The van der Waals surface area contributed by atoms with Gasteiger partial charge in [0.1, 0.15) is 0 Å². The Hall–Kier alpha value is -1.88. The molecular formula is C16H24N2O3. The third-order valence-electron chi connectivity index (χ3n) is 2.83. The van der Waals surface area contributed by atoms with Gasteiger partial charge in [-0.2, -0.15) is 0 Å². The van der Waals surface area contributed by atoms with Crippen molar-refractivity contribution < 1.29 is 14.3 Å². The standard InChI is InChI=1S/C16H24N2O3/c1-4-21-16(20)13-8-5-6-9-14(13)18-15(19)10-7-11-17-12(2)3/h5-6,8-9,12,17H,4,7,10-11H2,1-3H3,(H,18,19). The minimum atomic E-state index is -0.421. The Balaban J connectivity index is 2.54. The zero-order valence-corrected chi connectivity index (χ0v) is 12.9. The van der Waals surface area contributed by atoms with Gasteiger partial charge in [0.2, 0.25) is 5.91 Å². The molecule has 0 bridgehead atoms. The van der Waals surface area contributed by atoms with Gasteiger partial charge < -0.3 is 15.4 Å². The molecule has 1 amide bonds. The lowest BCUT2D eigenvalue weighted by atomic mass is 10.1. The van der Waals surface area contributed by atoms with Crippen LogP contribution in [0.25, 0.3) is 0 Å². The smallest absolute Gasteiger partial charge is 0.340 e. The first-order valence-corrected chi connectivity index (χ1v) is 7.34. The third-order valence-corrected chi connectivity index (χ3v) is 2.83. The van der Waals surface area contributed by atoms with Crippen LogP contribution < -0.4 is 10.6 Å². The highest BCUT2D eigenvalue weighted by molar-refractivity contribution is 6.01. The van der Waals surface area contributed by atoms with E-state index in [0.717, 1.165) is 13.0 Å². The van der Waals surface area contributed by atoms with Crippen molar-refractivity contribution in [2.24, 2.45) is 0 Å². The first-order chi connectivity index (χ1) is 10.0. The molecule has 0 aliphatic carbocycles. The largest absolute Gasteiger partial charge is 0.462 e. The molecule has 0 radical (unpaired) electrons. The fourth-order valence-corrected chi connectivity index (χ4v) is 1.83. The second-order valence-corrected chi connectivity index (χ2v) is 5.03. The summed E-state index contributed by atoms with van der Waals surface area (Å²) < 4.78 is 4.97. The monoisotopic (exact) mass is 292 g/mol. The number of hydrogen-bond donors (Lipinski definition) is 2. The summed E-state index contributed by atoms with van der Waals surface area (Å²) in [6.07, 6.45) is 1.17. The first-order valence-electron chi connectivity index (χ1n) is 7.34. The molecule has 0 aromatic heterocycles. The molecule has 5 nitrogen and oxygen atoms in total. The van der Waals surface area contributed by atoms with Crippen LogP contribution in [0.1, 0.15) is 44.0 Å². The lowest BCUT2D eigenvalue weighted by Crippen LogP contribution is -2.25. The molecule has 0 aliphatic rings. The average molecular weight is 292 g/mol. The molecule has 5 heteroatoms. The van der Waals surface area contributed by atoms with Gasteiger partial charge in [-0.15, -0.1) is 0 Å². The molecule has 1 aromatic carbocycles. The van der Waals surface area contributed by atoms with E-state index in [1.54, 1.807) is 31.2 Å². The van der Waals surface area contributed by atoms with Crippen LogP contribution in [0.15, 0.2) is 24.3 Å². The number of para-hydroxylation sites is 1. The number of carbonyl (C=O) groups is 2. The van der Waals surface area contributed by atoms with E-state index in [4.69, 9.17) is 4.74 Å². The molecule has 1 rings (SSSR count). The highest BCUT2D eigenvalue weighted by Gasteiger charge is 2.13. The number of carbonyl (C=O) groups excluding carboxylic acids is 2. The number of nitrogens with one attached hydrogen (secondary N) is 2. The molecule has 0 unspecified atom stereocenters. The van der Waals surface area contributed by atoms with Crippen LogP contribution in [0.2, 0.25) is 0 Å². The van der Waals surface area contributed by atoms with Crippen molar-refractivity contribution in [2.75, 3.05) is 18.5 Å². The molecule has 0 atom stereocenters. The van der Waals surface area contributed by atoms with Gasteiger partial charge in [-0.3, -0.25) is 4.79 Å². The molecule has 0 fully saturated rings. The second kappa shape index (κ2) is 9.13. The van der Waals surface area contributed by atoms with Gasteiger partial charge in [-0.25, -0.2) is 4.79 Å². The second-order valence-electron chi connectivity index (χ2n) is 5.03. The van der Waals surface area contributed by atoms with E-state index in [0.29, 0.717) is 30.3 Å². The summed E-state index contributed by atoms with van der Waals surface area (Å²) >= 11 is 0. The Kier molecular flexibility index (Phi) is 7.46. The molecule has 0 saturated carbocycles. The number of amides is 1. The maximum Gasteiger partial charge on any atom is 0.340 e. The number of benzene rings is 1. The predicted octanol–water partition coefficient (Wildman–Crippen LogP) is 2.58. The number of ether oxygens (including phenoxy) is 1. The van der Waals surface area contributed by atoms with E-state index >= 15 is 0 Å². The van der Waals surface area contributed by atoms with Gasteiger partial charge >= 0.3 is 5.97 Å². The highest BCUT2D eigenvalue weighted by atomic mass is 16.5. The normalized spacial score (nSPS) is 10.5. The van der Waals surface area contributed by atoms with Crippen LogP contribution >= 0.6 is 0 Å². The molecule has 0 aliphatic heterocycles. The Morgan fingerprint density at radius 2 is 1.95 bits per heavy atom. The van der Waals surface area contributed by atoms with E-state index in [1.807, 2.05) is 0 Å². The van der Waals surface area contributed by atoms with Crippen molar-refractivity contribution in [1.82, 2.24) is 5.32 Å². The Morgan fingerprint density at radius 1 is 1.24 bits per heavy atom. The third kappa shape index (κ3) is 6.40. The predicted molar refractivity (Wildman–Crippen MR) is 83.4 cm³/mol. The van der Waals surface area contributed by atoms with Gasteiger partial charge in [0.15, 0.2) is 0 Å². The summed E-state index contributed by atoms with van der Waals surface area (Å²) in [7, 11) is 0. The number of anilines is 1. The van der Waals surface area contributed by atoms with E-state index in [9.17, 15) is 9.59 Å². The van der Waals surface area contributed by atoms with Gasteiger partial charge in [0.05, 0.1) is 17.9 Å². The molecular weight excluding hydrogens is 268 g/mol. The van der Waals surface area contributed by atoms with E-state index in [-0.39, 0.29) is 5.91 Å². The van der Waals surface area contributed by atoms with Crippen LogP contribution in [0.5, 0.6) is 0 Å². The van der Waals surface area contributed by atoms with Crippen molar-refractivity contribution >= 4 is 17.6 Å². The molecule has 0 heterocycles.